The summed E-state index contributed by atoms with van der Waals surface area (Å²) in [7, 11) is 0. The smallest absolute Gasteiger partial charge is 0.311 e. The normalized spacial score (nSPS) is 14.9. The largest absolute Gasteiger partial charge is 0.455 e. The molecule has 1 aliphatic rings. The molecule has 0 unspecified atom stereocenters. The SMILES string of the molecule is Cc1ccc(C)c(NC(=O)COC(=O)[C@@H]2CC(=O)N(NC(=O)C(c3ccccc3)c3ccccc3)C2)c1. The second-order valence-corrected chi connectivity index (χ2v) is 9.11. The van der Waals surface area contributed by atoms with Crippen LogP contribution in [0.3, 0.4) is 0 Å². The number of carbonyl (C=O) groups excluding carboxylic acids is 4. The number of ether oxygens (including phenoxy) is 1. The molecule has 0 radical (unpaired) electrons. The van der Waals surface area contributed by atoms with Gasteiger partial charge in [-0.25, -0.2) is 0 Å². The average molecular weight is 500 g/mol. The minimum Gasteiger partial charge on any atom is -0.455 e. The van der Waals surface area contributed by atoms with Gasteiger partial charge < -0.3 is 10.1 Å². The van der Waals surface area contributed by atoms with Crippen LogP contribution < -0.4 is 10.7 Å². The highest BCUT2D eigenvalue weighted by atomic mass is 16.5. The molecule has 0 aromatic heterocycles. The van der Waals surface area contributed by atoms with E-state index < -0.39 is 36.2 Å². The second kappa shape index (κ2) is 11.5. The van der Waals surface area contributed by atoms with E-state index in [1.165, 1.54) is 0 Å². The summed E-state index contributed by atoms with van der Waals surface area (Å²) in [6, 6.07) is 24.2. The van der Waals surface area contributed by atoms with Crippen LogP contribution in [0.4, 0.5) is 5.69 Å². The van der Waals surface area contributed by atoms with Gasteiger partial charge in [-0.2, -0.15) is 0 Å². The number of rotatable bonds is 8. The third kappa shape index (κ3) is 6.41. The first-order valence-corrected chi connectivity index (χ1v) is 12.1. The quantitative estimate of drug-likeness (QED) is 0.462. The van der Waals surface area contributed by atoms with Crippen LogP contribution >= 0.6 is 0 Å². The molecule has 37 heavy (non-hydrogen) atoms. The minimum absolute atomic E-state index is 0.0295. The van der Waals surface area contributed by atoms with Crippen LogP contribution in [0.1, 0.15) is 34.6 Å². The molecule has 8 heteroatoms. The molecule has 0 aliphatic carbocycles. The summed E-state index contributed by atoms with van der Waals surface area (Å²) < 4.78 is 5.18. The van der Waals surface area contributed by atoms with Gasteiger partial charge in [0, 0.05) is 12.1 Å². The van der Waals surface area contributed by atoms with Crippen molar-refractivity contribution < 1.29 is 23.9 Å². The van der Waals surface area contributed by atoms with Gasteiger partial charge in [-0.1, -0.05) is 72.8 Å². The number of amides is 3. The van der Waals surface area contributed by atoms with Gasteiger partial charge in [0.05, 0.1) is 18.4 Å². The number of carbonyl (C=O) groups is 4. The van der Waals surface area contributed by atoms with E-state index in [9.17, 15) is 19.2 Å². The van der Waals surface area contributed by atoms with Gasteiger partial charge in [0.2, 0.25) is 5.91 Å². The topological polar surface area (TPSA) is 105 Å². The Bertz CT molecular complexity index is 1250. The number of hydrogen-bond donors (Lipinski definition) is 2. The molecule has 3 amide bonds. The molecule has 0 spiro atoms. The molecular weight excluding hydrogens is 470 g/mol. The maximum atomic E-state index is 13.3. The predicted molar refractivity (Wildman–Crippen MR) is 138 cm³/mol. The number of nitrogens with one attached hydrogen (secondary N) is 2. The van der Waals surface area contributed by atoms with Gasteiger partial charge in [-0.05, 0) is 42.2 Å². The van der Waals surface area contributed by atoms with Crippen LogP contribution in [-0.4, -0.2) is 41.9 Å². The van der Waals surface area contributed by atoms with E-state index in [0.29, 0.717) is 5.69 Å². The third-order valence-corrected chi connectivity index (χ3v) is 6.24. The van der Waals surface area contributed by atoms with Crippen molar-refractivity contribution >= 4 is 29.4 Å². The first kappa shape index (κ1) is 25.6. The highest BCUT2D eigenvalue weighted by molar-refractivity contribution is 5.95. The molecule has 8 nitrogen and oxygen atoms in total. The Kier molecular flexibility index (Phi) is 7.98. The lowest BCUT2D eigenvalue weighted by Crippen LogP contribution is -2.45. The van der Waals surface area contributed by atoms with Crippen molar-refractivity contribution in [3.8, 4) is 0 Å². The number of aryl methyl sites for hydroxylation is 2. The lowest BCUT2D eigenvalue weighted by atomic mass is 9.91. The Morgan fingerprint density at radius 1 is 0.946 bits per heavy atom. The maximum Gasteiger partial charge on any atom is 0.311 e. The molecule has 190 valence electrons. The molecule has 1 heterocycles. The number of benzene rings is 3. The number of esters is 1. The summed E-state index contributed by atoms with van der Waals surface area (Å²) in [6.45, 7) is 3.29. The molecule has 0 saturated carbocycles. The molecular formula is C29H29N3O5. The van der Waals surface area contributed by atoms with Gasteiger partial charge in [0.25, 0.3) is 11.8 Å². The van der Waals surface area contributed by atoms with Crippen molar-refractivity contribution in [3.05, 3.63) is 101 Å². The zero-order valence-electron chi connectivity index (χ0n) is 20.8. The fourth-order valence-corrected chi connectivity index (χ4v) is 4.27. The number of anilines is 1. The Balaban J connectivity index is 1.35. The van der Waals surface area contributed by atoms with Gasteiger partial charge in [-0.3, -0.25) is 29.6 Å². The number of hydrogen-bond acceptors (Lipinski definition) is 5. The van der Waals surface area contributed by atoms with E-state index in [0.717, 1.165) is 27.3 Å². The number of hydrazine groups is 1. The summed E-state index contributed by atoms with van der Waals surface area (Å²) in [6.07, 6.45) is -0.112. The van der Waals surface area contributed by atoms with Crippen LogP contribution in [0.15, 0.2) is 78.9 Å². The maximum absolute atomic E-state index is 13.3. The first-order valence-electron chi connectivity index (χ1n) is 12.1. The van der Waals surface area contributed by atoms with E-state index >= 15 is 0 Å². The fraction of sp³-hybridized carbons (Fsp3) is 0.241. The molecule has 1 atom stereocenters. The van der Waals surface area contributed by atoms with E-state index in [4.69, 9.17) is 4.74 Å². The van der Waals surface area contributed by atoms with E-state index in [1.54, 1.807) is 0 Å². The van der Waals surface area contributed by atoms with Crippen molar-refractivity contribution in [1.29, 1.82) is 0 Å². The van der Waals surface area contributed by atoms with E-state index in [2.05, 4.69) is 10.7 Å². The van der Waals surface area contributed by atoms with E-state index in [1.807, 2.05) is 92.7 Å². The van der Waals surface area contributed by atoms with E-state index in [-0.39, 0.29) is 18.9 Å². The number of nitrogens with zero attached hydrogens (tertiary/aromatic N) is 1. The van der Waals surface area contributed by atoms with Crippen LogP contribution in [0, 0.1) is 19.8 Å². The summed E-state index contributed by atoms with van der Waals surface area (Å²) in [5, 5.41) is 3.89. The second-order valence-electron chi connectivity index (χ2n) is 9.11. The average Bonchev–Trinajstić information content (AvgIpc) is 3.26. The molecule has 3 aromatic rings. The molecule has 1 saturated heterocycles. The van der Waals surface area contributed by atoms with Gasteiger partial charge in [0.15, 0.2) is 6.61 Å². The van der Waals surface area contributed by atoms with Gasteiger partial charge in [0.1, 0.15) is 0 Å². The fourth-order valence-electron chi connectivity index (χ4n) is 4.27. The monoisotopic (exact) mass is 499 g/mol. The molecule has 1 aliphatic heterocycles. The Hall–Kier alpha value is -4.46. The van der Waals surface area contributed by atoms with Gasteiger partial charge in [-0.15, -0.1) is 0 Å². The van der Waals surface area contributed by atoms with Crippen molar-refractivity contribution in [2.75, 3.05) is 18.5 Å². The lowest BCUT2D eigenvalue weighted by Gasteiger charge is -2.23. The third-order valence-electron chi connectivity index (χ3n) is 6.24. The zero-order valence-corrected chi connectivity index (χ0v) is 20.8. The molecule has 1 fully saturated rings. The lowest BCUT2D eigenvalue weighted by molar-refractivity contribution is -0.151. The highest BCUT2D eigenvalue weighted by Gasteiger charge is 2.37. The van der Waals surface area contributed by atoms with Crippen molar-refractivity contribution in [2.24, 2.45) is 5.92 Å². The van der Waals surface area contributed by atoms with Crippen LogP contribution in [0.5, 0.6) is 0 Å². The Morgan fingerprint density at radius 2 is 1.57 bits per heavy atom. The molecule has 3 aromatic carbocycles. The van der Waals surface area contributed by atoms with Gasteiger partial charge >= 0.3 is 5.97 Å². The van der Waals surface area contributed by atoms with Crippen LogP contribution in [0.25, 0.3) is 0 Å². The molecule has 0 bridgehead atoms. The minimum atomic E-state index is -0.784. The summed E-state index contributed by atoms with van der Waals surface area (Å²) in [5.74, 6) is -3.32. The Morgan fingerprint density at radius 3 is 2.19 bits per heavy atom. The predicted octanol–water partition coefficient (Wildman–Crippen LogP) is 3.50. The summed E-state index contributed by atoms with van der Waals surface area (Å²) in [5.41, 5.74) is 6.77. The highest BCUT2D eigenvalue weighted by Crippen LogP contribution is 2.26. The van der Waals surface area contributed by atoms with Crippen molar-refractivity contribution in [3.63, 3.8) is 0 Å². The first-order chi connectivity index (χ1) is 17.8. The zero-order chi connectivity index (χ0) is 26.4. The van der Waals surface area contributed by atoms with Crippen molar-refractivity contribution in [2.45, 2.75) is 26.2 Å². The summed E-state index contributed by atoms with van der Waals surface area (Å²) >= 11 is 0. The molecule has 2 N–H and O–H groups in total. The van der Waals surface area contributed by atoms with Crippen LogP contribution in [0.2, 0.25) is 0 Å². The van der Waals surface area contributed by atoms with Crippen molar-refractivity contribution in [1.82, 2.24) is 10.4 Å². The Labute approximate surface area is 215 Å². The molecule has 4 rings (SSSR count). The van der Waals surface area contributed by atoms with Crippen LogP contribution in [-0.2, 0) is 23.9 Å². The summed E-state index contributed by atoms with van der Waals surface area (Å²) in [4.78, 5) is 50.8. The standard InChI is InChI=1S/C29H29N3O5/c1-19-13-14-20(2)24(15-19)30-25(33)18-37-29(36)23-16-26(34)32(17-23)31-28(35)27(21-9-5-3-6-10-21)22-11-7-4-8-12-22/h3-15,23,27H,16-18H2,1-2H3,(H,30,33)(H,31,35)/t23-/m1/s1.